The Balaban J connectivity index is 2.53. The lowest BCUT2D eigenvalue weighted by molar-refractivity contribution is 0.134. The smallest absolute Gasteiger partial charge is 0.328 e. The van der Waals surface area contributed by atoms with E-state index >= 15 is 0 Å². The Morgan fingerprint density at radius 3 is 2.81 bits per heavy atom. The van der Waals surface area contributed by atoms with E-state index in [1.54, 1.807) is 6.07 Å². The number of aliphatic hydroxyl groups excluding tert-OH is 1. The Kier molecular flexibility index (Phi) is 2.62. The Morgan fingerprint density at radius 1 is 1.50 bits per heavy atom. The summed E-state index contributed by atoms with van der Waals surface area (Å²) in [6.45, 7) is 0. The zero-order valence-electron chi connectivity index (χ0n) is 8.51. The second-order valence-electron chi connectivity index (χ2n) is 3.89. The van der Waals surface area contributed by atoms with Crippen molar-refractivity contribution in [3.05, 3.63) is 32.6 Å². The molecule has 1 heterocycles. The molecule has 6 nitrogen and oxygen atoms in total. The topological polar surface area (TPSA) is 98.9 Å². The lowest BCUT2D eigenvalue weighted by Crippen LogP contribution is -2.35. The summed E-state index contributed by atoms with van der Waals surface area (Å²) < 4.78 is 1.25. The van der Waals surface area contributed by atoms with Gasteiger partial charge >= 0.3 is 5.69 Å². The van der Waals surface area contributed by atoms with Crippen molar-refractivity contribution in [3.8, 4) is 6.07 Å². The Bertz CT molecular complexity index is 552. The summed E-state index contributed by atoms with van der Waals surface area (Å²) in [7, 11) is 0. The van der Waals surface area contributed by atoms with Crippen LogP contribution < -0.4 is 11.2 Å². The van der Waals surface area contributed by atoms with Gasteiger partial charge in [-0.25, -0.2) is 4.79 Å². The van der Waals surface area contributed by atoms with Crippen LogP contribution >= 0.6 is 0 Å². The van der Waals surface area contributed by atoms with Gasteiger partial charge in [0.1, 0.15) is 11.6 Å². The summed E-state index contributed by atoms with van der Waals surface area (Å²) in [4.78, 5) is 24.8. The lowest BCUT2D eigenvalue weighted by Gasteiger charge is -2.16. The molecule has 1 aliphatic rings. The molecule has 0 radical (unpaired) electrons. The molecule has 0 spiro atoms. The monoisotopic (exact) mass is 221 g/mol. The first-order valence-electron chi connectivity index (χ1n) is 5.07. The normalized spacial score (nSPS) is 24.2. The van der Waals surface area contributed by atoms with Gasteiger partial charge in [-0.1, -0.05) is 0 Å². The summed E-state index contributed by atoms with van der Waals surface area (Å²) in [6, 6.07) is 1.38. The van der Waals surface area contributed by atoms with Crippen molar-refractivity contribution in [3.63, 3.8) is 0 Å². The van der Waals surface area contributed by atoms with Gasteiger partial charge in [0.05, 0.1) is 12.1 Å². The van der Waals surface area contributed by atoms with E-state index in [-0.39, 0.29) is 11.6 Å². The summed E-state index contributed by atoms with van der Waals surface area (Å²) in [6.07, 6.45) is 2.78. The number of hydrogen-bond donors (Lipinski definition) is 2. The number of nitriles is 1. The van der Waals surface area contributed by atoms with Gasteiger partial charge < -0.3 is 5.11 Å². The Labute approximate surface area is 90.8 Å². The Hall–Kier alpha value is -1.87. The lowest BCUT2D eigenvalue weighted by atomic mass is 10.2. The van der Waals surface area contributed by atoms with E-state index in [0.717, 1.165) is 6.42 Å². The molecule has 0 unspecified atom stereocenters. The minimum Gasteiger partial charge on any atom is -0.391 e. The van der Waals surface area contributed by atoms with Crippen molar-refractivity contribution < 1.29 is 5.11 Å². The highest BCUT2D eigenvalue weighted by Gasteiger charge is 2.27. The number of nitrogens with one attached hydrogen (secondary N) is 1. The maximum absolute atomic E-state index is 11.5. The summed E-state index contributed by atoms with van der Waals surface area (Å²) in [5.41, 5.74) is -1.37. The number of H-pyrrole nitrogens is 1. The SMILES string of the molecule is N#Cc1cn([C@H]2CCC[C@@H]2O)c(=O)[nH]c1=O. The molecule has 2 N–H and O–H groups in total. The first-order valence-corrected chi connectivity index (χ1v) is 5.07. The summed E-state index contributed by atoms with van der Waals surface area (Å²) in [5.74, 6) is 0. The minimum atomic E-state index is -0.684. The molecular weight excluding hydrogens is 210 g/mol. The molecular formula is C10H11N3O3. The van der Waals surface area contributed by atoms with Crippen molar-refractivity contribution >= 4 is 0 Å². The molecule has 0 bridgehead atoms. The molecule has 16 heavy (non-hydrogen) atoms. The average Bonchev–Trinajstić information content (AvgIpc) is 2.65. The molecule has 0 amide bonds. The summed E-state index contributed by atoms with van der Waals surface area (Å²) in [5, 5.41) is 18.4. The van der Waals surface area contributed by atoms with E-state index in [0.29, 0.717) is 12.8 Å². The molecule has 2 atom stereocenters. The fourth-order valence-corrected chi connectivity index (χ4v) is 2.06. The second-order valence-corrected chi connectivity index (χ2v) is 3.89. The van der Waals surface area contributed by atoms with Crippen LogP contribution in [-0.2, 0) is 0 Å². The molecule has 6 heteroatoms. The third-order valence-electron chi connectivity index (χ3n) is 2.89. The van der Waals surface area contributed by atoms with Gasteiger partial charge in [-0.2, -0.15) is 5.26 Å². The molecule has 1 fully saturated rings. The van der Waals surface area contributed by atoms with Crippen LogP contribution in [0.1, 0.15) is 30.9 Å². The number of nitrogens with zero attached hydrogens (tertiary/aromatic N) is 2. The van der Waals surface area contributed by atoms with Crippen LogP contribution in [-0.4, -0.2) is 20.8 Å². The number of aliphatic hydroxyl groups is 1. The summed E-state index contributed by atoms with van der Waals surface area (Å²) >= 11 is 0. The van der Waals surface area contributed by atoms with Crippen molar-refractivity contribution in [1.82, 2.24) is 9.55 Å². The zero-order valence-corrected chi connectivity index (χ0v) is 8.51. The fourth-order valence-electron chi connectivity index (χ4n) is 2.06. The molecule has 0 aliphatic heterocycles. The van der Waals surface area contributed by atoms with Gasteiger partial charge in [0.15, 0.2) is 0 Å². The van der Waals surface area contributed by atoms with Crippen molar-refractivity contribution in [2.45, 2.75) is 31.4 Å². The van der Waals surface area contributed by atoms with Crippen LogP contribution in [0.2, 0.25) is 0 Å². The van der Waals surface area contributed by atoms with E-state index in [1.807, 2.05) is 0 Å². The van der Waals surface area contributed by atoms with Crippen molar-refractivity contribution in [1.29, 1.82) is 5.26 Å². The van der Waals surface area contributed by atoms with E-state index in [9.17, 15) is 14.7 Å². The Morgan fingerprint density at radius 2 is 2.25 bits per heavy atom. The van der Waals surface area contributed by atoms with Crippen molar-refractivity contribution in [2.24, 2.45) is 0 Å². The minimum absolute atomic E-state index is 0.112. The largest absolute Gasteiger partial charge is 0.391 e. The number of aromatic amines is 1. The first-order chi connectivity index (χ1) is 7.63. The second kappa shape index (κ2) is 3.94. The quantitative estimate of drug-likeness (QED) is 0.667. The van der Waals surface area contributed by atoms with Gasteiger partial charge in [-0.15, -0.1) is 0 Å². The zero-order chi connectivity index (χ0) is 11.7. The maximum atomic E-state index is 11.5. The van der Waals surface area contributed by atoms with Gasteiger partial charge in [0, 0.05) is 6.20 Å². The number of hydrogen-bond acceptors (Lipinski definition) is 4. The first kappa shape index (κ1) is 10.6. The highest BCUT2D eigenvalue weighted by atomic mass is 16.3. The molecule has 1 aliphatic carbocycles. The van der Waals surface area contributed by atoms with Crippen LogP contribution in [0.15, 0.2) is 15.8 Å². The highest BCUT2D eigenvalue weighted by molar-refractivity contribution is 5.22. The molecule has 0 aromatic carbocycles. The van der Waals surface area contributed by atoms with Crippen LogP contribution in [0, 0.1) is 11.3 Å². The molecule has 1 aromatic heterocycles. The third kappa shape index (κ3) is 1.66. The van der Waals surface area contributed by atoms with Gasteiger partial charge in [0.25, 0.3) is 5.56 Å². The van der Waals surface area contributed by atoms with Crippen LogP contribution in [0.5, 0.6) is 0 Å². The van der Waals surface area contributed by atoms with Crippen LogP contribution in [0.25, 0.3) is 0 Å². The molecule has 1 saturated carbocycles. The van der Waals surface area contributed by atoms with E-state index in [1.165, 1.54) is 10.8 Å². The van der Waals surface area contributed by atoms with E-state index in [4.69, 9.17) is 5.26 Å². The molecule has 0 saturated heterocycles. The van der Waals surface area contributed by atoms with Gasteiger partial charge in [-0.05, 0) is 19.3 Å². The van der Waals surface area contributed by atoms with E-state index in [2.05, 4.69) is 4.98 Å². The predicted octanol–water partition coefficient (Wildman–Crippen LogP) is -0.506. The average molecular weight is 221 g/mol. The highest BCUT2D eigenvalue weighted by Crippen LogP contribution is 2.28. The molecule has 84 valence electrons. The van der Waals surface area contributed by atoms with E-state index < -0.39 is 17.4 Å². The van der Waals surface area contributed by atoms with Gasteiger partial charge in [-0.3, -0.25) is 14.3 Å². The number of aromatic nitrogens is 2. The third-order valence-corrected chi connectivity index (χ3v) is 2.89. The number of rotatable bonds is 1. The molecule has 1 aromatic rings. The van der Waals surface area contributed by atoms with Crippen molar-refractivity contribution in [2.75, 3.05) is 0 Å². The standard InChI is InChI=1S/C10H11N3O3/c11-4-6-5-13(10(16)12-9(6)15)7-2-1-3-8(7)14/h5,7-8,14H,1-3H2,(H,12,15,16)/t7-,8-/m0/s1. The fraction of sp³-hybridized carbons (Fsp3) is 0.500. The van der Waals surface area contributed by atoms with Crippen LogP contribution in [0.4, 0.5) is 0 Å². The molecule has 2 rings (SSSR count). The van der Waals surface area contributed by atoms with Crippen LogP contribution in [0.3, 0.4) is 0 Å². The predicted molar refractivity (Wildman–Crippen MR) is 54.9 cm³/mol. The van der Waals surface area contributed by atoms with Gasteiger partial charge in [0.2, 0.25) is 0 Å². The maximum Gasteiger partial charge on any atom is 0.328 e.